The lowest BCUT2D eigenvalue weighted by Gasteiger charge is -2.19. The van der Waals surface area contributed by atoms with Gasteiger partial charge in [-0.3, -0.25) is 9.78 Å². The molecule has 1 aromatic heterocycles. The van der Waals surface area contributed by atoms with E-state index in [4.69, 9.17) is 4.74 Å². The average molecular weight is 368 g/mol. The van der Waals surface area contributed by atoms with Crippen LogP contribution in [0.2, 0.25) is 0 Å². The van der Waals surface area contributed by atoms with E-state index in [1.807, 2.05) is 24.3 Å². The monoisotopic (exact) mass is 368 g/mol. The van der Waals surface area contributed by atoms with Gasteiger partial charge < -0.3 is 10.1 Å². The first kappa shape index (κ1) is 20.6. The minimum Gasteiger partial charge on any atom is -0.464 e. The van der Waals surface area contributed by atoms with E-state index in [0.717, 1.165) is 24.0 Å². The Morgan fingerprint density at radius 3 is 2.30 bits per heavy atom. The van der Waals surface area contributed by atoms with Crippen LogP contribution < -0.4 is 5.32 Å². The summed E-state index contributed by atoms with van der Waals surface area (Å²) in [6.45, 7) is 8.31. The SMILES string of the molecule is CC(NC(=O)c1ccc(C(C)(C)C)cc1)C(=O)OCCCc1ccncc1. The molecule has 5 nitrogen and oxygen atoms in total. The summed E-state index contributed by atoms with van der Waals surface area (Å²) in [5, 5.41) is 2.69. The fraction of sp³-hybridized carbons (Fsp3) is 0.409. The fourth-order valence-electron chi connectivity index (χ4n) is 2.58. The number of carbonyl (C=O) groups is 2. The van der Waals surface area contributed by atoms with Gasteiger partial charge in [-0.05, 0) is 60.6 Å². The Bertz CT molecular complexity index is 749. The summed E-state index contributed by atoms with van der Waals surface area (Å²) in [6.07, 6.45) is 5.03. The van der Waals surface area contributed by atoms with E-state index in [-0.39, 0.29) is 11.3 Å². The second-order valence-electron chi connectivity index (χ2n) is 7.65. The van der Waals surface area contributed by atoms with Crippen molar-refractivity contribution >= 4 is 11.9 Å². The minimum atomic E-state index is -0.694. The van der Waals surface area contributed by atoms with Crippen molar-refractivity contribution in [3.63, 3.8) is 0 Å². The quantitative estimate of drug-likeness (QED) is 0.598. The van der Waals surface area contributed by atoms with Crippen LogP contribution >= 0.6 is 0 Å². The molecule has 27 heavy (non-hydrogen) atoms. The maximum atomic E-state index is 12.3. The van der Waals surface area contributed by atoms with Crippen LogP contribution in [0.15, 0.2) is 48.8 Å². The highest BCUT2D eigenvalue weighted by Crippen LogP contribution is 2.22. The van der Waals surface area contributed by atoms with Crippen LogP contribution in [0.1, 0.15) is 55.6 Å². The zero-order valence-corrected chi connectivity index (χ0v) is 16.5. The maximum absolute atomic E-state index is 12.3. The number of ether oxygens (including phenoxy) is 1. The molecule has 144 valence electrons. The number of benzene rings is 1. The highest BCUT2D eigenvalue weighted by molar-refractivity contribution is 5.96. The molecule has 5 heteroatoms. The molecule has 1 aromatic carbocycles. The zero-order valence-electron chi connectivity index (χ0n) is 16.5. The average Bonchev–Trinajstić information content (AvgIpc) is 2.65. The number of carbonyl (C=O) groups excluding carboxylic acids is 2. The summed E-state index contributed by atoms with van der Waals surface area (Å²) < 4.78 is 5.26. The molecule has 0 spiro atoms. The smallest absolute Gasteiger partial charge is 0.328 e. The van der Waals surface area contributed by atoms with E-state index < -0.39 is 12.0 Å². The highest BCUT2D eigenvalue weighted by Gasteiger charge is 2.19. The summed E-state index contributed by atoms with van der Waals surface area (Å²) >= 11 is 0. The van der Waals surface area contributed by atoms with E-state index >= 15 is 0 Å². The summed E-state index contributed by atoms with van der Waals surface area (Å²) in [6, 6.07) is 10.6. The number of hydrogen-bond donors (Lipinski definition) is 1. The third-order valence-electron chi connectivity index (χ3n) is 4.32. The number of hydrogen-bond acceptors (Lipinski definition) is 4. The summed E-state index contributed by atoms with van der Waals surface area (Å²) in [7, 11) is 0. The van der Waals surface area contributed by atoms with Gasteiger partial charge in [-0.1, -0.05) is 32.9 Å². The lowest BCUT2D eigenvalue weighted by atomic mass is 9.86. The van der Waals surface area contributed by atoms with Crippen molar-refractivity contribution < 1.29 is 14.3 Å². The number of pyridine rings is 1. The maximum Gasteiger partial charge on any atom is 0.328 e. The van der Waals surface area contributed by atoms with Crippen molar-refractivity contribution in [2.24, 2.45) is 0 Å². The first-order valence-electron chi connectivity index (χ1n) is 9.24. The summed E-state index contributed by atoms with van der Waals surface area (Å²) in [5.41, 5.74) is 2.87. The molecular formula is C22H28N2O3. The standard InChI is InChI=1S/C22H28N2O3/c1-16(21(26)27-15-5-6-17-11-13-23-14-12-17)24-20(25)18-7-9-19(10-8-18)22(2,3)4/h7-14,16H,5-6,15H2,1-4H3,(H,24,25). The lowest BCUT2D eigenvalue weighted by Crippen LogP contribution is -2.39. The molecule has 1 amide bonds. The van der Waals surface area contributed by atoms with E-state index in [1.165, 1.54) is 0 Å². The van der Waals surface area contributed by atoms with Gasteiger partial charge in [-0.2, -0.15) is 0 Å². The number of aryl methyl sites for hydroxylation is 1. The molecule has 1 atom stereocenters. The second-order valence-corrected chi connectivity index (χ2v) is 7.65. The molecule has 0 bridgehead atoms. The van der Waals surface area contributed by atoms with Gasteiger partial charge in [0.25, 0.3) is 5.91 Å². The van der Waals surface area contributed by atoms with Gasteiger partial charge in [0.2, 0.25) is 0 Å². The summed E-state index contributed by atoms with van der Waals surface area (Å²) in [5.74, 6) is -0.707. The normalized spacial score (nSPS) is 12.3. The number of nitrogens with zero attached hydrogens (tertiary/aromatic N) is 1. The Morgan fingerprint density at radius 2 is 1.70 bits per heavy atom. The molecule has 0 aliphatic rings. The van der Waals surface area contributed by atoms with Gasteiger partial charge in [0, 0.05) is 18.0 Å². The second kappa shape index (κ2) is 9.31. The number of aromatic nitrogens is 1. The largest absolute Gasteiger partial charge is 0.464 e. The fourth-order valence-corrected chi connectivity index (χ4v) is 2.58. The van der Waals surface area contributed by atoms with Crippen molar-refractivity contribution in [3.05, 3.63) is 65.5 Å². The Balaban J connectivity index is 1.77. The number of rotatable bonds is 7. The number of amides is 1. The van der Waals surface area contributed by atoms with E-state index in [2.05, 4.69) is 31.1 Å². The molecule has 2 rings (SSSR count). The van der Waals surface area contributed by atoms with E-state index in [1.54, 1.807) is 31.5 Å². The Labute approximate surface area is 161 Å². The van der Waals surface area contributed by atoms with Crippen LogP contribution in [-0.2, 0) is 21.4 Å². The minimum absolute atomic E-state index is 0.0301. The Kier molecular flexibility index (Phi) is 7.11. The van der Waals surface area contributed by atoms with Crippen molar-refractivity contribution in [1.82, 2.24) is 10.3 Å². The number of nitrogens with one attached hydrogen (secondary N) is 1. The molecule has 0 aliphatic heterocycles. The first-order chi connectivity index (χ1) is 12.8. The van der Waals surface area contributed by atoms with Gasteiger partial charge in [0.1, 0.15) is 6.04 Å². The predicted molar refractivity (Wildman–Crippen MR) is 106 cm³/mol. The van der Waals surface area contributed by atoms with Crippen LogP contribution in [0.4, 0.5) is 0 Å². The molecule has 1 N–H and O–H groups in total. The molecule has 0 radical (unpaired) electrons. The van der Waals surface area contributed by atoms with Crippen molar-refractivity contribution in [1.29, 1.82) is 0 Å². The molecule has 2 aromatic rings. The van der Waals surface area contributed by atoms with Crippen LogP contribution in [0.25, 0.3) is 0 Å². The van der Waals surface area contributed by atoms with Gasteiger partial charge in [0.05, 0.1) is 6.61 Å². The molecular weight excluding hydrogens is 340 g/mol. The van der Waals surface area contributed by atoms with Crippen molar-refractivity contribution in [2.75, 3.05) is 6.61 Å². The van der Waals surface area contributed by atoms with Gasteiger partial charge in [-0.25, -0.2) is 4.79 Å². The van der Waals surface area contributed by atoms with Crippen LogP contribution in [0.3, 0.4) is 0 Å². The Morgan fingerprint density at radius 1 is 1.07 bits per heavy atom. The number of esters is 1. The van der Waals surface area contributed by atoms with Gasteiger partial charge >= 0.3 is 5.97 Å². The molecule has 1 unspecified atom stereocenters. The first-order valence-corrected chi connectivity index (χ1v) is 9.24. The van der Waals surface area contributed by atoms with Gasteiger partial charge in [-0.15, -0.1) is 0 Å². The third-order valence-corrected chi connectivity index (χ3v) is 4.32. The predicted octanol–water partition coefficient (Wildman–Crippen LogP) is 3.67. The molecule has 0 aliphatic carbocycles. The topological polar surface area (TPSA) is 68.3 Å². The third kappa shape index (κ3) is 6.51. The Hall–Kier alpha value is -2.69. The van der Waals surface area contributed by atoms with Crippen LogP contribution in [-0.4, -0.2) is 29.5 Å². The molecule has 0 saturated carbocycles. The molecule has 1 heterocycles. The molecule has 0 saturated heterocycles. The van der Waals surface area contributed by atoms with E-state index in [9.17, 15) is 9.59 Å². The molecule has 0 fully saturated rings. The van der Waals surface area contributed by atoms with Crippen molar-refractivity contribution in [2.45, 2.75) is 52.0 Å². The zero-order chi connectivity index (χ0) is 19.9. The van der Waals surface area contributed by atoms with Crippen LogP contribution in [0.5, 0.6) is 0 Å². The van der Waals surface area contributed by atoms with Crippen molar-refractivity contribution in [3.8, 4) is 0 Å². The van der Waals surface area contributed by atoms with Gasteiger partial charge in [0.15, 0.2) is 0 Å². The van der Waals surface area contributed by atoms with Crippen LogP contribution in [0, 0.1) is 0 Å². The highest BCUT2D eigenvalue weighted by atomic mass is 16.5. The lowest BCUT2D eigenvalue weighted by molar-refractivity contribution is -0.145. The summed E-state index contributed by atoms with van der Waals surface area (Å²) in [4.78, 5) is 28.3. The van der Waals surface area contributed by atoms with E-state index in [0.29, 0.717) is 12.2 Å².